The van der Waals surface area contributed by atoms with E-state index in [-0.39, 0.29) is 12.3 Å². The number of benzene rings is 2. The van der Waals surface area contributed by atoms with Gasteiger partial charge in [0.15, 0.2) is 5.58 Å². The van der Waals surface area contributed by atoms with Crippen LogP contribution in [-0.2, 0) is 11.3 Å². The number of fused-ring (bicyclic) bond motifs is 1. The number of para-hydroxylation sites is 3. The van der Waals surface area contributed by atoms with Gasteiger partial charge in [-0.3, -0.25) is 9.36 Å². The molecular formula is C17H16N2O3. The van der Waals surface area contributed by atoms with Crippen LogP contribution in [0.3, 0.4) is 0 Å². The summed E-state index contributed by atoms with van der Waals surface area (Å²) in [5.41, 5.74) is 2.08. The number of amides is 1. The topological polar surface area (TPSA) is 55.5 Å². The number of anilines is 1. The number of carbonyl (C=O) groups excluding carboxylic acids is 1. The maximum absolute atomic E-state index is 12.3. The molecule has 112 valence electrons. The van der Waals surface area contributed by atoms with Gasteiger partial charge in [0, 0.05) is 25.7 Å². The molecule has 1 aromatic heterocycles. The van der Waals surface area contributed by atoms with Crippen LogP contribution in [0.5, 0.6) is 0 Å². The monoisotopic (exact) mass is 296 g/mol. The number of oxazole rings is 1. The SMILES string of the molecule is CN(C(=O)CCn1c(=O)oc2ccccc21)c1ccccc1. The summed E-state index contributed by atoms with van der Waals surface area (Å²) in [6, 6.07) is 16.6. The minimum absolute atomic E-state index is 0.0524. The highest BCUT2D eigenvalue weighted by Crippen LogP contribution is 2.14. The van der Waals surface area contributed by atoms with E-state index in [1.807, 2.05) is 48.5 Å². The molecule has 0 saturated heterocycles. The number of nitrogens with zero attached hydrogens (tertiary/aromatic N) is 2. The van der Waals surface area contributed by atoms with Gasteiger partial charge in [0.05, 0.1) is 5.52 Å². The molecule has 22 heavy (non-hydrogen) atoms. The molecule has 3 rings (SSSR count). The predicted molar refractivity (Wildman–Crippen MR) is 84.9 cm³/mol. The standard InChI is InChI=1S/C17H16N2O3/c1-18(13-7-3-2-4-8-13)16(20)11-12-19-14-9-5-6-10-15(14)22-17(19)21/h2-10H,11-12H2,1H3. The number of hydrogen-bond acceptors (Lipinski definition) is 3. The van der Waals surface area contributed by atoms with E-state index in [4.69, 9.17) is 4.42 Å². The van der Waals surface area contributed by atoms with Crippen LogP contribution in [0.4, 0.5) is 5.69 Å². The molecule has 0 fully saturated rings. The zero-order chi connectivity index (χ0) is 15.5. The summed E-state index contributed by atoms with van der Waals surface area (Å²) in [5, 5.41) is 0. The first-order valence-corrected chi connectivity index (χ1v) is 7.07. The first-order valence-electron chi connectivity index (χ1n) is 7.07. The largest absolute Gasteiger partial charge is 0.419 e. The fraction of sp³-hybridized carbons (Fsp3) is 0.176. The van der Waals surface area contributed by atoms with E-state index in [0.717, 1.165) is 5.69 Å². The van der Waals surface area contributed by atoms with Crippen molar-refractivity contribution in [3.05, 3.63) is 65.1 Å². The van der Waals surface area contributed by atoms with Crippen molar-refractivity contribution < 1.29 is 9.21 Å². The van der Waals surface area contributed by atoms with Crippen LogP contribution in [0.15, 0.2) is 63.8 Å². The van der Waals surface area contributed by atoms with Gasteiger partial charge in [-0.2, -0.15) is 0 Å². The van der Waals surface area contributed by atoms with Gasteiger partial charge in [0.2, 0.25) is 5.91 Å². The Morgan fingerprint density at radius 3 is 2.55 bits per heavy atom. The third-order valence-electron chi connectivity index (χ3n) is 3.64. The Labute approximate surface area is 127 Å². The molecule has 2 aromatic carbocycles. The van der Waals surface area contributed by atoms with Gasteiger partial charge in [-0.05, 0) is 24.3 Å². The summed E-state index contributed by atoms with van der Waals surface area (Å²) in [6.07, 6.45) is 0.231. The molecule has 0 saturated carbocycles. The molecule has 1 heterocycles. The van der Waals surface area contributed by atoms with E-state index in [9.17, 15) is 9.59 Å². The molecule has 0 atom stereocenters. The quantitative estimate of drug-likeness (QED) is 0.743. The Morgan fingerprint density at radius 1 is 1.09 bits per heavy atom. The van der Waals surface area contributed by atoms with Gasteiger partial charge < -0.3 is 9.32 Å². The van der Waals surface area contributed by atoms with Gasteiger partial charge in [0.1, 0.15) is 0 Å². The lowest BCUT2D eigenvalue weighted by molar-refractivity contribution is -0.118. The molecule has 3 aromatic rings. The van der Waals surface area contributed by atoms with Crippen molar-refractivity contribution in [2.45, 2.75) is 13.0 Å². The van der Waals surface area contributed by atoms with Crippen molar-refractivity contribution in [3.63, 3.8) is 0 Å². The van der Waals surface area contributed by atoms with E-state index < -0.39 is 5.76 Å². The van der Waals surface area contributed by atoms with Crippen LogP contribution in [-0.4, -0.2) is 17.5 Å². The average Bonchev–Trinajstić information content (AvgIpc) is 2.88. The third-order valence-corrected chi connectivity index (χ3v) is 3.64. The molecule has 5 heteroatoms. The number of aryl methyl sites for hydroxylation is 1. The molecule has 0 bridgehead atoms. The lowest BCUT2D eigenvalue weighted by Gasteiger charge is -2.17. The number of aromatic nitrogens is 1. The van der Waals surface area contributed by atoms with E-state index in [2.05, 4.69) is 0 Å². The highest BCUT2D eigenvalue weighted by Gasteiger charge is 2.13. The van der Waals surface area contributed by atoms with E-state index in [0.29, 0.717) is 17.6 Å². The second-order valence-corrected chi connectivity index (χ2v) is 5.03. The molecule has 0 aliphatic heterocycles. The summed E-state index contributed by atoms with van der Waals surface area (Å²) >= 11 is 0. The second kappa shape index (κ2) is 5.89. The highest BCUT2D eigenvalue weighted by molar-refractivity contribution is 5.92. The van der Waals surface area contributed by atoms with Crippen molar-refractivity contribution in [2.75, 3.05) is 11.9 Å². The molecule has 5 nitrogen and oxygen atoms in total. The molecule has 0 aliphatic rings. The first kappa shape index (κ1) is 14.1. The Hall–Kier alpha value is -2.82. The summed E-state index contributed by atoms with van der Waals surface area (Å²) in [6.45, 7) is 0.297. The van der Waals surface area contributed by atoms with Crippen LogP contribution < -0.4 is 10.7 Å². The molecule has 0 N–H and O–H groups in total. The van der Waals surface area contributed by atoms with Crippen LogP contribution in [0.25, 0.3) is 11.1 Å². The third kappa shape index (κ3) is 2.65. The lowest BCUT2D eigenvalue weighted by atomic mass is 10.2. The Bertz CT molecular complexity index is 849. The molecular weight excluding hydrogens is 280 g/mol. The fourth-order valence-electron chi connectivity index (χ4n) is 2.40. The maximum atomic E-state index is 12.3. The highest BCUT2D eigenvalue weighted by atomic mass is 16.4. The number of hydrogen-bond donors (Lipinski definition) is 0. The molecule has 0 unspecified atom stereocenters. The van der Waals surface area contributed by atoms with Gasteiger partial charge >= 0.3 is 5.76 Å². The van der Waals surface area contributed by atoms with Crippen LogP contribution in [0.1, 0.15) is 6.42 Å². The van der Waals surface area contributed by atoms with Crippen LogP contribution in [0, 0.1) is 0 Å². The van der Waals surface area contributed by atoms with Crippen molar-refractivity contribution in [3.8, 4) is 0 Å². The summed E-state index contributed by atoms with van der Waals surface area (Å²) < 4.78 is 6.65. The molecule has 0 aliphatic carbocycles. The smallest absolute Gasteiger partial charge is 0.408 e. The molecule has 0 radical (unpaired) electrons. The van der Waals surface area contributed by atoms with Crippen LogP contribution >= 0.6 is 0 Å². The second-order valence-electron chi connectivity index (χ2n) is 5.03. The van der Waals surface area contributed by atoms with E-state index >= 15 is 0 Å². The van der Waals surface area contributed by atoms with Crippen LogP contribution in [0.2, 0.25) is 0 Å². The van der Waals surface area contributed by atoms with Crippen molar-refractivity contribution >= 4 is 22.7 Å². The van der Waals surface area contributed by atoms with Crippen molar-refractivity contribution in [1.82, 2.24) is 4.57 Å². The van der Waals surface area contributed by atoms with Crippen molar-refractivity contribution in [1.29, 1.82) is 0 Å². The Balaban J connectivity index is 1.75. The van der Waals surface area contributed by atoms with E-state index in [1.165, 1.54) is 4.57 Å². The predicted octanol–water partition coefficient (Wildman–Crippen LogP) is 2.65. The lowest BCUT2D eigenvalue weighted by Crippen LogP contribution is -2.28. The molecule has 0 spiro atoms. The summed E-state index contributed by atoms with van der Waals surface area (Å²) in [7, 11) is 1.73. The average molecular weight is 296 g/mol. The molecule has 1 amide bonds. The van der Waals surface area contributed by atoms with Gasteiger partial charge in [0.25, 0.3) is 0 Å². The first-order chi connectivity index (χ1) is 10.7. The minimum atomic E-state index is -0.434. The zero-order valence-electron chi connectivity index (χ0n) is 12.2. The van der Waals surface area contributed by atoms with Crippen molar-refractivity contribution in [2.24, 2.45) is 0 Å². The fourth-order valence-corrected chi connectivity index (χ4v) is 2.40. The number of carbonyl (C=O) groups is 1. The van der Waals surface area contributed by atoms with Gasteiger partial charge in [-0.25, -0.2) is 4.79 Å². The zero-order valence-corrected chi connectivity index (χ0v) is 12.2. The summed E-state index contributed by atoms with van der Waals surface area (Å²) in [5.74, 6) is -0.486. The van der Waals surface area contributed by atoms with Gasteiger partial charge in [-0.15, -0.1) is 0 Å². The normalized spacial score (nSPS) is 10.8. The van der Waals surface area contributed by atoms with Gasteiger partial charge in [-0.1, -0.05) is 30.3 Å². The maximum Gasteiger partial charge on any atom is 0.419 e. The van der Waals surface area contributed by atoms with E-state index in [1.54, 1.807) is 18.0 Å². The minimum Gasteiger partial charge on any atom is -0.408 e. The Kier molecular flexibility index (Phi) is 3.78. The number of rotatable bonds is 4. The Morgan fingerprint density at radius 2 is 1.77 bits per heavy atom. The summed E-state index contributed by atoms with van der Waals surface area (Å²) in [4.78, 5) is 25.7.